The average molecular weight is 321 g/mol. The molecule has 0 bridgehead atoms. The summed E-state index contributed by atoms with van der Waals surface area (Å²) in [5.74, 6) is 0.546. The van der Waals surface area contributed by atoms with Crippen molar-refractivity contribution in [2.75, 3.05) is 19.6 Å². The maximum absolute atomic E-state index is 12.8. The second-order valence-electron chi connectivity index (χ2n) is 5.67. The Balaban J connectivity index is 2.07. The number of piperidine rings is 1. The first-order valence-corrected chi connectivity index (χ1v) is 7.55. The molecule has 0 saturated carbocycles. The molecule has 1 fully saturated rings. The van der Waals surface area contributed by atoms with E-state index in [9.17, 15) is 13.2 Å². The topological polar surface area (TPSA) is 29.3 Å². The van der Waals surface area contributed by atoms with Crippen molar-refractivity contribution in [1.29, 1.82) is 0 Å². The van der Waals surface area contributed by atoms with Crippen LogP contribution in [-0.2, 0) is 12.7 Å². The van der Waals surface area contributed by atoms with Crippen molar-refractivity contribution in [3.8, 4) is 0 Å². The number of likely N-dealkylation sites (tertiary alicyclic amines) is 1. The Morgan fingerprint density at radius 3 is 2.71 bits per heavy atom. The smallest absolute Gasteiger partial charge is 0.330 e. The quantitative estimate of drug-likeness (QED) is 0.911. The number of nitrogens with zero attached hydrogens (tertiary/aromatic N) is 1. The van der Waals surface area contributed by atoms with Crippen molar-refractivity contribution in [3.05, 3.63) is 34.3 Å². The lowest BCUT2D eigenvalue weighted by atomic mass is 9.94. The van der Waals surface area contributed by atoms with Gasteiger partial charge in [-0.3, -0.25) is 4.90 Å². The molecule has 1 aromatic carbocycles. The molecule has 1 atom stereocenters. The van der Waals surface area contributed by atoms with Crippen LogP contribution in [-0.4, -0.2) is 24.5 Å². The molecule has 1 unspecified atom stereocenters. The first kappa shape index (κ1) is 16.6. The van der Waals surface area contributed by atoms with Gasteiger partial charge in [0.2, 0.25) is 0 Å². The van der Waals surface area contributed by atoms with Gasteiger partial charge in [-0.2, -0.15) is 13.2 Å². The summed E-state index contributed by atoms with van der Waals surface area (Å²) in [4.78, 5) is 2.19. The van der Waals surface area contributed by atoms with Gasteiger partial charge in [0.15, 0.2) is 0 Å². The van der Waals surface area contributed by atoms with Crippen molar-refractivity contribution >= 4 is 11.6 Å². The van der Waals surface area contributed by atoms with Gasteiger partial charge >= 0.3 is 6.18 Å². The van der Waals surface area contributed by atoms with E-state index in [0.29, 0.717) is 24.6 Å². The Morgan fingerprint density at radius 1 is 1.29 bits per heavy atom. The molecule has 0 aliphatic carbocycles. The SMILES string of the molecule is NCCC1CCCN(Cc2cc(Cl)cc(C(F)(F)F)c2)C1. The zero-order valence-electron chi connectivity index (χ0n) is 11.8. The molecule has 118 valence electrons. The van der Waals surface area contributed by atoms with Gasteiger partial charge in [-0.1, -0.05) is 11.6 Å². The number of halogens is 4. The standard InChI is InChI=1S/C15H20ClF3N2/c16-14-7-12(6-13(8-14)15(17,18)19)10-21-5-1-2-11(9-21)3-4-20/h6-8,11H,1-5,9-10,20H2. The lowest BCUT2D eigenvalue weighted by Gasteiger charge is -2.32. The molecular formula is C15H20ClF3N2. The summed E-state index contributed by atoms with van der Waals surface area (Å²) in [5.41, 5.74) is 5.52. The van der Waals surface area contributed by atoms with E-state index in [4.69, 9.17) is 17.3 Å². The van der Waals surface area contributed by atoms with E-state index in [1.54, 1.807) is 6.07 Å². The zero-order chi connectivity index (χ0) is 15.5. The molecule has 0 amide bonds. The highest BCUT2D eigenvalue weighted by atomic mass is 35.5. The van der Waals surface area contributed by atoms with Crippen molar-refractivity contribution < 1.29 is 13.2 Å². The Hall–Kier alpha value is -0.780. The Morgan fingerprint density at radius 2 is 2.05 bits per heavy atom. The summed E-state index contributed by atoms with van der Waals surface area (Å²) < 4.78 is 38.4. The van der Waals surface area contributed by atoms with Crippen LogP contribution in [0.5, 0.6) is 0 Å². The summed E-state index contributed by atoms with van der Waals surface area (Å²) in [5, 5.41) is 0.135. The molecule has 2 N–H and O–H groups in total. The van der Waals surface area contributed by atoms with Gasteiger partial charge in [0.25, 0.3) is 0 Å². The molecule has 2 nitrogen and oxygen atoms in total. The molecule has 21 heavy (non-hydrogen) atoms. The monoisotopic (exact) mass is 320 g/mol. The number of benzene rings is 1. The van der Waals surface area contributed by atoms with Crippen molar-refractivity contribution in [2.45, 2.75) is 32.0 Å². The minimum absolute atomic E-state index is 0.135. The van der Waals surface area contributed by atoms with Crippen molar-refractivity contribution in [3.63, 3.8) is 0 Å². The third-order valence-corrected chi connectivity index (χ3v) is 4.09. The van der Waals surface area contributed by atoms with E-state index in [1.807, 2.05) is 0 Å². The fourth-order valence-electron chi connectivity index (χ4n) is 2.93. The van der Waals surface area contributed by atoms with E-state index in [0.717, 1.165) is 38.4 Å². The average Bonchev–Trinajstić information content (AvgIpc) is 2.38. The summed E-state index contributed by atoms with van der Waals surface area (Å²) >= 11 is 5.82. The molecule has 0 aromatic heterocycles. The highest BCUT2D eigenvalue weighted by molar-refractivity contribution is 6.30. The first-order valence-electron chi connectivity index (χ1n) is 7.17. The van der Waals surface area contributed by atoms with Gasteiger partial charge in [-0.05, 0) is 62.0 Å². The minimum atomic E-state index is -4.36. The Kier molecular flexibility index (Phi) is 5.52. The maximum Gasteiger partial charge on any atom is 0.416 e. The molecule has 1 aromatic rings. The summed E-state index contributed by atoms with van der Waals surface area (Å²) in [7, 11) is 0. The third kappa shape index (κ3) is 4.87. The molecular weight excluding hydrogens is 301 g/mol. The first-order chi connectivity index (χ1) is 9.88. The van der Waals surface area contributed by atoms with Crippen molar-refractivity contribution in [1.82, 2.24) is 4.90 Å². The number of rotatable bonds is 4. The molecule has 0 radical (unpaired) electrons. The number of hydrogen-bond acceptors (Lipinski definition) is 2. The zero-order valence-corrected chi connectivity index (χ0v) is 12.6. The fraction of sp³-hybridized carbons (Fsp3) is 0.600. The van der Waals surface area contributed by atoms with E-state index in [-0.39, 0.29) is 5.02 Å². The summed E-state index contributed by atoms with van der Waals surface area (Å²) in [6.07, 6.45) is -1.17. The van der Waals surface area contributed by atoms with E-state index in [2.05, 4.69) is 4.90 Å². The van der Waals surface area contributed by atoms with Crippen LogP contribution >= 0.6 is 11.6 Å². The Labute approximate surface area is 128 Å². The van der Waals surface area contributed by atoms with Gasteiger partial charge in [0, 0.05) is 18.1 Å². The van der Waals surface area contributed by atoms with E-state index < -0.39 is 11.7 Å². The van der Waals surface area contributed by atoms with Gasteiger partial charge in [0.1, 0.15) is 0 Å². The molecule has 1 heterocycles. The lowest BCUT2D eigenvalue weighted by Crippen LogP contribution is -2.35. The normalized spacial score (nSPS) is 20.7. The van der Waals surface area contributed by atoms with Crippen LogP contribution in [0, 0.1) is 5.92 Å². The van der Waals surface area contributed by atoms with E-state index >= 15 is 0 Å². The minimum Gasteiger partial charge on any atom is -0.330 e. The molecule has 2 rings (SSSR count). The Bertz CT molecular complexity index is 474. The fourth-order valence-corrected chi connectivity index (χ4v) is 3.19. The second-order valence-corrected chi connectivity index (χ2v) is 6.10. The van der Waals surface area contributed by atoms with Crippen LogP contribution in [0.2, 0.25) is 5.02 Å². The van der Waals surface area contributed by atoms with Crippen LogP contribution in [0.3, 0.4) is 0 Å². The second kappa shape index (κ2) is 6.99. The third-order valence-electron chi connectivity index (χ3n) is 3.87. The van der Waals surface area contributed by atoms with Gasteiger partial charge in [0.05, 0.1) is 5.56 Å². The van der Waals surface area contributed by atoms with E-state index in [1.165, 1.54) is 6.07 Å². The molecule has 1 saturated heterocycles. The van der Waals surface area contributed by atoms with Crippen LogP contribution in [0.25, 0.3) is 0 Å². The predicted octanol–water partition coefficient (Wildman–Crippen LogP) is 3.92. The van der Waals surface area contributed by atoms with Crippen LogP contribution < -0.4 is 5.73 Å². The number of nitrogens with two attached hydrogens (primary N) is 1. The molecule has 0 spiro atoms. The molecule has 6 heteroatoms. The largest absolute Gasteiger partial charge is 0.416 e. The number of hydrogen-bond donors (Lipinski definition) is 1. The summed E-state index contributed by atoms with van der Waals surface area (Å²) in [6.45, 7) is 2.97. The molecule has 1 aliphatic rings. The van der Waals surface area contributed by atoms with Crippen molar-refractivity contribution in [2.24, 2.45) is 11.7 Å². The highest BCUT2D eigenvalue weighted by Crippen LogP contribution is 2.32. The van der Waals surface area contributed by atoms with Crippen LogP contribution in [0.15, 0.2) is 18.2 Å². The number of alkyl halides is 3. The van der Waals surface area contributed by atoms with Crippen LogP contribution in [0.4, 0.5) is 13.2 Å². The molecule has 1 aliphatic heterocycles. The highest BCUT2D eigenvalue weighted by Gasteiger charge is 2.31. The summed E-state index contributed by atoms with van der Waals surface area (Å²) in [6, 6.07) is 3.78. The van der Waals surface area contributed by atoms with Gasteiger partial charge in [-0.15, -0.1) is 0 Å². The predicted molar refractivity (Wildman–Crippen MR) is 78.1 cm³/mol. The van der Waals surface area contributed by atoms with Crippen LogP contribution in [0.1, 0.15) is 30.4 Å². The lowest BCUT2D eigenvalue weighted by molar-refractivity contribution is -0.137. The van der Waals surface area contributed by atoms with Gasteiger partial charge in [-0.25, -0.2) is 0 Å². The van der Waals surface area contributed by atoms with Gasteiger partial charge < -0.3 is 5.73 Å². The maximum atomic E-state index is 12.8.